The SMILES string of the molecule is O=CCCCc1ccc(-c2ccc(-c3ccc(Br)cc3)nc2)cc1. The third kappa shape index (κ3) is 4.18. The number of halogens is 1. The van der Waals surface area contributed by atoms with E-state index in [1.807, 2.05) is 18.3 Å². The Morgan fingerprint density at radius 3 is 2.12 bits per heavy atom. The molecule has 0 radical (unpaired) electrons. The molecule has 2 nitrogen and oxygen atoms in total. The molecule has 120 valence electrons. The van der Waals surface area contributed by atoms with Gasteiger partial charge in [-0.1, -0.05) is 58.4 Å². The van der Waals surface area contributed by atoms with Gasteiger partial charge in [0.05, 0.1) is 5.69 Å². The number of rotatable bonds is 6. The lowest BCUT2D eigenvalue weighted by molar-refractivity contribution is -0.107. The summed E-state index contributed by atoms with van der Waals surface area (Å²) in [6.45, 7) is 0. The zero-order valence-electron chi connectivity index (χ0n) is 13.3. The molecule has 0 unspecified atom stereocenters. The summed E-state index contributed by atoms with van der Waals surface area (Å²) >= 11 is 3.45. The third-order valence-electron chi connectivity index (χ3n) is 3.98. The summed E-state index contributed by atoms with van der Waals surface area (Å²) in [5.41, 5.74) is 5.60. The maximum absolute atomic E-state index is 10.4. The van der Waals surface area contributed by atoms with Crippen molar-refractivity contribution in [2.75, 3.05) is 0 Å². The van der Waals surface area contributed by atoms with Crippen LogP contribution in [0.3, 0.4) is 0 Å². The molecule has 24 heavy (non-hydrogen) atoms. The molecular weight excluding hydrogens is 362 g/mol. The first-order valence-electron chi connectivity index (χ1n) is 8.01. The fourth-order valence-electron chi connectivity index (χ4n) is 2.61. The first kappa shape index (κ1) is 16.6. The van der Waals surface area contributed by atoms with Gasteiger partial charge in [-0.25, -0.2) is 0 Å². The Hall–Kier alpha value is -2.26. The minimum atomic E-state index is 0.628. The highest BCUT2D eigenvalue weighted by atomic mass is 79.9. The summed E-state index contributed by atoms with van der Waals surface area (Å²) in [5.74, 6) is 0. The number of aryl methyl sites for hydroxylation is 1. The molecule has 0 aliphatic heterocycles. The molecule has 0 N–H and O–H groups in total. The van der Waals surface area contributed by atoms with Crippen molar-refractivity contribution in [3.8, 4) is 22.4 Å². The van der Waals surface area contributed by atoms with E-state index in [0.717, 1.165) is 46.0 Å². The lowest BCUT2D eigenvalue weighted by atomic mass is 10.0. The van der Waals surface area contributed by atoms with E-state index in [2.05, 4.69) is 69.4 Å². The number of pyridine rings is 1. The molecule has 3 rings (SSSR count). The number of aldehydes is 1. The normalized spacial score (nSPS) is 10.5. The average Bonchev–Trinajstić information content (AvgIpc) is 2.63. The zero-order chi connectivity index (χ0) is 16.8. The van der Waals surface area contributed by atoms with Crippen molar-refractivity contribution in [3.05, 3.63) is 76.9 Å². The molecule has 0 fully saturated rings. The van der Waals surface area contributed by atoms with Crippen LogP contribution in [0.15, 0.2) is 71.3 Å². The van der Waals surface area contributed by atoms with Gasteiger partial charge in [-0.05, 0) is 42.2 Å². The van der Waals surface area contributed by atoms with Crippen LogP contribution < -0.4 is 0 Å². The summed E-state index contributed by atoms with van der Waals surface area (Å²) in [6, 6.07) is 20.8. The molecule has 0 aliphatic rings. The molecule has 1 aromatic heterocycles. The van der Waals surface area contributed by atoms with Gasteiger partial charge >= 0.3 is 0 Å². The van der Waals surface area contributed by atoms with Crippen molar-refractivity contribution in [2.45, 2.75) is 19.3 Å². The molecular formula is C21H18BrNO. The largest absolute Gasteiger partial charge is 0.303 e. The van der Waals surface area contributed by atoms with Gasteiger partial charge < -0.3 is 4.79 Å². The Kier molecular flexibility index (Phi) is 5.55. The van der Waals surface area contributed by atoms with Gasteiger partial charge in [0.2, 0.25) is 0 Å². The number of carbonyl (C=O) groups is 1. The first-order chi connectivity index (χ1) is 11.8. The first-order valence-corrected chi connectivity index (χ1v) is 8.80. The quantitative estimate of drug-likeness (QED) is 0.406. The molecule has 2 aromatic carbocycles. The maximum atomic E-state index is 10.4. The molecule has 3 heteroatoms. The van der Waals surface area contributed by atoms with Gasteiger partial charge in [-0.15, -0.1) is 0 Å². The smallest absolute Gasteiger partial charge is 0.120 e. The lowest BCUT2D eigenvalue weighted by Gasteiger charge is -2.06. The summed E-state index contributed by atoms with van der Waals surface area (Å²) in [7, 11) is 0. The predicted octanol–water partition coefficient (Wildman–Crippen LogP) is 5.70. The minimum Gasteiger partial charge on any atom is -0.303 e. The zero-order valence-corrected chi connectivity index (χ0v) is 14.9. The van der Waals surface area contributed by atoms with Crippen molar-refractivity contribution >= 4 is 22.2 Å². The van der Waals surface area contributed by atoms with E-state index in [1.165, 1.54) is 5.56 Å². The van der Waals surface area contributed by atoms with Gasteiger partial charge in [0, 0.05) is 28.2 Å². The van der Waals surface area contributed by atoms with Gasteiger partial charge in [0.15, 0.2) is 0 Å². The van der Waals surface area contributed by atoms with E-state index >= 15 is 0 Å². The average molecular weight is 380 g/mol. The van der Waals surface area contributed by atoms with Crippen LogP contribution in [-0.2, 0) is 11.2 Å². The second-order valence-electron chi connectivity index (χ2n) is 5.69. The number of aromatic nitrogens is 1. The highest BCUT2D eigenvalue weighted by Gasteiger charge is 2.02. The van der Waals surface area contributed by atoms with Gasteiger partial charge in [0.1, 0.15) is 6.29 Å². The minimum absolute atomic E-state index is 0.628. The predicted molar refractivity (Wildman–Crippen MR) is 102 cm³/mol. The van der Waals surface area contributed by atoms with Crippen LogP contribution in [0, 0.1) is 0 Å². The number of benzene rings is 2. The summed E-state index contributed by atoms with van der Waals surface area (Å²) in [6.07, 6.45) is 5.38. The van der Waals surface area contributed by atoms with Crippen LogP contribution in [0.4, 0.5) is 0 Å². The molecule has 0 saturated heterocycles. The van der Waals surface area contributed by atoms with Crippen molar-refractivity contribution in [1.82, 2.24) is 4.98 Å². The van der Waals surface area contributed by atoms with Gasteiger partial charge in [-0.2, -0.15) is 0 Å². The molecule has 0 aliphatic carbocycles. The van der Waals surface area contributed by atoms with Crippen LogP contribution in [0.2, 0.25) is 0 Å². The Morgan fingerprint density at radius 1 is 0.833 bits per heavy atom. The van der Waals surface area contributed by atoms with E-state index < -0.39 is 0 Å². The van der Waals surface area contributed by atoms with Crippen LogP contribution in [0.25, 0.3) is 22.4 Å². The molecule has 0 bridgehead atoms. The van der Waals surface area contributed by atoms with E-state index in [0.29, 0.717) is 6.42 Å². The van der Waals surface area contributed by atoms with E-state index in [9.17, 15) is 4.79 Å². The summed E-state index contributed by atoms with van der Waals surface area (Å²) < 4.78 is 1.07. The van der Waals surface area contributed by atoms with E-state index in [4.69, 9.17) is 0 Å². The Labute approximate surface area is 150 Å². The van der Waals surface area contributed by atoms with Crippen molar-refractivity contribution in [1.29, 1.82) is 0 Å². The second kappa shape index (κ2) is 8.02. The Balaban J connectivity index is 1.73. The summed E-state index contributed by atoms with van der Waals surface area (Å²) in [5, 5.41) is 0. The highest BCUT2D eigenvalue weighted by molar-refractivity contribution is 9.10. The molecule has 0 atom stereocenters. The molecule has 0 spiro atoms. The second-order valence-corrected chi connectivity index (χ2v) is 6.61. The van der Waals surface area contributed by atoms with Crippen LogP contribution >= 0.6 is 15.9 Å². The fraction of sp³-hybridized carbons (Fsp3) is 0.143. The molecule has 0 amide bonds. The van der Waals surface area contributed by atoms with E-state index in [-0.39, 0.29) is 0 Å². The number of unbranched alkanes of at least 4 members (excludes halogenated alkanes) is 1. The van der Waals surface area contributed by atoms with Crippen molar-refractivity contribution in [2.24, 2.45) is 0 Å². The Bertz CT molecular complexity index is 793. The summed E-state index contributed by atoms with van der Waals surface area (Å²) in [4.78, 5) is 15.0. The molecule has 1 heterocycles. The maximum Gasteiger partial charge on any atom is 0.120 e. The number of carbonyl (C=O) groups excluding carboxylic acids is 1. The van der Waals surface area contributed by atoms with Crippen LogP contribution in [0.5, 0.6) is 0 Å². The highest BCUT2D eigenvalue weighted by Crippen LogP contribution is 2.24. The van der Waals surface area contributed by atoms with Crippen molar-refractivity contribution < 1.29 is 4.79 Å². The van der Waals surface area contributed by atoms with Gasteiger partial charge in [-0.3, -0.25) is 4.98 Å². The van der Waals surface area contributed by atoms with Crippen LogP contribution in [-0.4, -0.2) is 11.3 Å². The molecule has 3 aromatic rings. The standard InChI is InChI=1S/C21H18BrNO/c22-20-11-8-18(9-12-20)21-13-10-19(15-23-21)17-6-4-16(5-7-17)3-1-2-14-24/h4-15H,1-3H2. The number of nitrogens with zero attached hydrogens (tertiary/aromatic N) is 1. The molecule has 0 saturated carbocycles. The fourth-order valence-corrected chi connectivity index (χ4v) is 2.87. The number of hydrogen-bond donors (Lipinski definition) is 0. The Morgan fingerprint density at radius 2 is 1.50 bits per heavy atom. The number of hydrogen-bond acceptors (Lipinski definition) is 2. The monoisotopic (exact) mass is 379 g/mol. The van der Waals surface area contributed by atoms with Crippen molar-refractivity contribution in [3.63, 3.8) is 0 Å². The van der Waals surface area contributed by atoms with E-state index in [1.54, 1.807) is 0 Å². The topological polar surface area (TPSA) is 30.0 Å². The third-order valence-corrected chi connectivity index (χ3v) is 4.51. The van der Waals surface area contributed by atoms with Crippen LogP contribution in [0.1, 0.15) is 18.4 Å². The lowest BCUT2D eigenvalue weighted by Crippen LogP contribution is -1.88. The van der Waals surface area contributed by atoms with Gasteiger partial charge in [0.25, 0.3) is 0 Å².